The van der Waals surface area contributed by atoms with Crippen LogP contribution < -0.4 is 5.32 Å². The summed E-state index contributed by atoms with van der Waals surface area (Å²) >= 11 is 1.39. The molecule has 0 aliphatic heterocycles. The number of carbonyl (C=O) groups excluding carboxylic acids is 1. The number of rotatable bonds is 7. The van der Waals surface area contributed by atoms with Crippen LogP contribution in [0.2, 0.25) is 0 Å². The number of carbonyl (C=O) groups is 1. The van der Waals surface area contributed by atoms with E-state index in [4.69, 9.17) is 4.42 Å². The van der Waals surface area contributed by atoms with Gasteiger partial charge in [-0.15, -0.1) is 16.8 Å². The Morgan fingerprint density at radius 1 is 1.34 bits per heavy atom. The number of hydrogen-bond donors (Lipinski definition) is 1. The molecule has 1 amide bonds. The lowest BCUT2D eigenvalue weighted by molar-refractivity contribution is -0.115. The summed E-state index contributed by atoms with van der Waals surface area (Å²) in [5, 5.41) is 12.0. The predicted molar refractivity (Wildman–Crippen MR) is 115 cm³/mol. The van der Waals surface area contributed by atoms with Crippen LogP contribution in [-0.4, -0.2) is 25.9 Å². The Morgan fingerprint density at radius 2 is 2.17 bits per heavy atom. The molecule has 6 nitrogen and oxygen atoms in total. The average Bonchev–Trinajstić information content (AvgIpc) is 3.42. The van der Waals surface area contributed by atoms with Crippen molar-refractivity contribution in [2.24, 2.45) is 0 Å². The van der Waals surface area contributed by atoms with Crippen molar-refractivity contribution in [1.82, 2.24) is 14.8 Å². The molecule has 1 aliphatic rings. The number of benzene rings is 1. The van der Waals surface area contributed by atoms with Crippen molar-refractivity contribution >= 4 is 23.4 Å². The summed E-state index contributed by atoms with van der Waals surface area (Å²) < 4.78 is 7.35. The van der Waals surface area contributed by atoms with E-state index in [9.17, 15) is 4.79 Å². The van der Waals surface area contributed by atoms with E-state index in [2.05, 4.69) is 34.2 Å². The van der Waals surface area contributed by atoms with Crippen molar-refractivity contribution in [1.29, 1.82) is 0 Å². The van der Waals surface area contributed by atoms with E-state index in [-0.39, 0.29) is 11.2 Å². The second-order valence-electron chi connectivity index (χ2n) is 7.18. The number of aromatic nitrogens is 3. The zero-order valence-corrected chi connectivity index (χ0v) is 17.5. The van der Waals surface area contributed by atoms with Crippen LogP contribution in [0.3, 0.4) is 0 Å². The van der Waals surface area contributed by atoms with Crippen molar-refractivity contribution in [3.63, 3.8) is 0 Å². The van der Waals surface area contributed by atoms with E-state index in [0.29, 0.717) is 17.5 Å². The van der Waals surface area contributed by atoms with Gasteiger partial charge in [0.1, 0.15) is 5.76 Å². The number of furan rings is 1. The Labute approximate surface area is 174 Å². The molecule has 7 heteroatoms. The van der Waals surface area contributed by atoms with Crippen molar-refractivity contribution < 1.29 is 9.21 Å². The van der Waals surface area contributed by atoms with Gasteiger partial charge in [-0.25, -0.2) is 0 Å². The topological polar surface area (TPSA) is 73.0 Å². The summed E-state index contributed by atoms with van der Waals surface area (Å²) in [6, 6.07) is 8.07. The van der Waals surface area contributed by atoms with Crippen molar-refractivity contribution in [3.8, 4) is 11.4 Å². The van der Waals surface area contributed by atoms with Gasteiger partial charge in [0.2, 0.25) is 5.91 Å². The first kappa shape index (κ1) is 19.5. The van der Waals surface area contributed by atoms with Gasteiger partial charge in [-0.2, -0.15) is 0 Å². The summed E-state index contributed by atoms with van der Waals surface area (Å²) in [7, 11) is 0. The minimum absolute atomic E-state index is 0.0536. The minimum Gasteiger partial charge on any atom is -0.469 e. The van der Waals surface area contributed by atoms with Gasteiger partial charge >= 0.3 is 0 Å². The molecule has 0 fully saturated rings. The number of nitrogens with one attached hydrogen (secondary N) is 1. The predicted octanol–water partition coefficient (Wildman–Crippen LogP) is 4.64. The molecule has 2 aromatic heterocycles. The molecule has 1 aliphatic carbocycles. The highest BCUT2D eigenvalue weighted by molar-refractivity contribution is 8.00. The summed E-state index contributed by atoms with van der Waals surface area (Å²) in [6.45, 7) is 8.15. The van der Waals surface area contributed by atoms with E-state index >= 15 is 0 Å². The summed E-state index contributed by atoms with van der Waals surface area (Å²) in [5.41, 5.74) is 4.48. The van der Waals surface area contributed by atoms with E-state index < -0.39 is 0 Å². The van der Waals surface area contributed by atoms with Crippen LogP contribution in [0.25, 0.3) is 11.4 Å². The number of amides is 1. The molecule has 1 atom stereocenters. The summed E-state index contributed by atoms with van der Waals surface area (Å²) in [5.74, 6) is 1.44. The molecule has 1 N–H and O–H groups in total. The number of allylic oxidation sites excluding steroid dienone is 1. The summed E-state index contributed by atoms with van der Waals surface area (Å²) in [6.07, 6.45) is 6.84. The molecule has 0 spiro atoms. The van der Waals surface area contributed by atoms with Gasteiger partial charge in [-0.05, 0) is 62.4 Å². The van der Waals surface area contributed by atoms with E-state index in [0.717, 1.165) is 29.9 Å². The number of nitrogens with zero attached hydrogens (tertiary/aromatic N) is 3. The largest absolute Gasteiger partial charge is 0.469 e. The first-order valence-corrected chi connectivity index (χ1v) is 10.6. The fourth-order valence-corrected chi connectivity index (χ4v) is 4.45. The molecule has 0 unspecified atom stereocenters. The number of anilines is 1. The van der Waals surface area contributed by atoms with E-state index in [1.165, 1.54) is 29.3 Å². The monoisotopic (exact) mass is 408 g/mol. The van der Waals surface area contributed by atoms with Crippen molar-refractivity contribution in [3.05, 3.63) is 60.1 Å². The zero-order chi connectivity index (χ0) is 20.4. The second kappa shape index (κ2) is 8.29. The number of aryl methyl sites for hydroxylation is 3. The number of thioether (sulfide) groups is 1. The van der Waals surface area contributed by atoms with E-state index in [1.807, 2.05) is 30.5 Å². The Balaban J connectivity index is 1.49. The highest BCUT2D eigenvalue weighted by Crippen LogP contribution is 2.30. The van der Waals surface area contributed by atoms with Crippen LogP contribution in [0, 0.1) is 6.92 Å². The van der Waals surface area contributed by atoms with Crippen LogP contribution >= 0.6 is 11.8 Å². The second-order valence-corrected chi connectivity index (χ2v) is 8.49. The van der Waals surface area contributed by atoms with Crippen LogP contribution in [0.1, 0.15) is 30.2 Å². The molecule has 0 radical (unpaired) electrons. The fraction of sp³-hybridized carbons (Fsp3) is 0.318. The van der Waals surface area contributed by atoms with Gasteiger partial charge in [0.15, 0.2) is 11.0 Å². The fourth-order valence-electron chi connectivity index (χ4n) is 3.59. The molecule has 2 heterocycles. The smallest absolute Gasteiger partial charge is 0.237 e. The van der Waals surface area contributed by atoms with Gasteiger partial charge < -0.3 is 9.73 Å². The maximum atomic E-state index is 12.8. The quantitative estimate of drug-likeness (QED) is 0.455. The van der Waals surface area contributed by atoms with Crippen LogP contribution in [0.5, 0.6) is 0 Å². The Bertz CT molecular complexity index is 1050. The Kier molecular flexibility index (Phi) is 5.58. The van der Waals surface area contributed by atoms with Gasteiger partial charge in [0.05, 0.1) is 17.1 Å². The van der Waals surface area contributed by atoms with E-state index in [1.54, 1.807) is 12.3 Å². The molecule has 29 heavy (non-hydrogen) atoms. The van der Waals surface area contributed by atoms with Crippen LogP contribution in [0.4, 0.5) is 5.69 Å². The first-order valence-electron chi connectivity index (χ1n) is 9.74. The third-order valence-corrected chi connectivity index (χ3v) is 6.23. The molecular weight excluding hydrogens is 384 g/mol. The van der Waals surface area contributed by atoms with Gasteiger partial charge in [-0.3, -0.25) is 9.36 Å². The minimum atomic E-state index is -0.325. The molecule has 150 valence electrons. The summed E-state index contributed by atoms with van der Waals surface area (Å²) in [4.78, 5) is 12.8. The first-order chi connectivity index (χ1) is 14.1. The van der Waals surface area contributed by atoms with Crippen LogP contribution in [-0.2, 0) is 24.2 Å². The van der Waals surface area contributed by atoms with Crippen molar-refractivity contribution in [2.75, 3.05) is 5.32 Å². The third kappa shape index (κ3) is 4.00. The maximum absolute atomic E-state index is 12.8. The van der Waals surface area contributed by atoms with Gasteiger partial charge in [-0.1, -0.05) is 23.9 Å². The van der Waals surface area contributed by atoms with Crippen LogP contribution in [0.15, 0.2) is 52.8 Å². The van der Waals surface area contributed by atoms with Gasteiger partial charge in [0.25, 0.3) is 0 Å². The lowest BCUT2D eigenvalue weighted by atomic mass is 10.1. The highest BCUT2D eigenvalue weighted by Gasteiger charge is 2.22. The highest BCUT2D eigenvalue weighted by atomic mass is 32.2. The normalized spacial score (nSPS) is 13.9. The lowest BCUT2D eigenvalue weighted by Crippen LogP contribution is -2.23. The molecule has 1 aromatic carbocycles. The third-order valence-electron chi connectivity index (χ3n) is 5.15. The molecule has 3 aromatic rings. The van der Waals surface area contributed by atoms with Gasteiger partial charge in [0, 0.05) is 12.2 Å². The SMILES string of the molecule is C=CCn1c(S[C@@H](C)C(=O)Nc2ccc3c(c2)CCC3)nnc1-c1ccoc1C. The molecule has 4 rings (SSSR count). The number of fused-ring (bicyclic) bond motifs is 1. The molecule has 0 saturated heterocycles. The average molecular weight is 409 g/mol. The molecule has 0 saturated carbocycles. The molecular formula is C22H24N4O2S. The Hall–Kier alpha value is -2.80. The lowest BCUT2D eigenvalue weighted by Gasteiger charge is -2.13. The number of hydrogen-bond acceptors (Lipinski definition) is 5. The molecule has 0 bridgehead atoms. The van der Waals surface area contributed by atoms with Crippen molar-refractivity contribution in [2.45, 2.75) is 50.1 Å². The zero-order valence-electron chi connectivity index (χ0n) is 16.6. The Morgan fingerprint density at radius 3 is 2.93 bits per heavy atom. The maximum Gasteiger partial charge on any atom is 0.237 e. The standard InChI is InChI=1S/C22H24N4O2S/c1-4-11-26-20(19-10-12-28-14(19)2)24-25-22(26)29-15(3)21(27)23-18-9-8-16-6-5-7-17(16)13-18/h4,8-10,12-13,15H,1,5-7,11H2,2-3H3,(H,23,27)/t15-/m0/s1.